The first-order valence-corrected chi connectivity index (χ1v) is 8.59. The van der Waals surface area contributed by atoms with Crippen LogP contribution in [0.4, 0.5) is 0 Å². The monoisotopic (exact) mass is 355 g/mol. The lowest BCUT2D eigenvalue weighted by Crippen LogP contribution is -2.04. The third-order valence-corrected chi connectivity index (χ3v) is 4.56. The van der Waals surface area contributed by atoms with E-state index >= 15 is 0 Å². The number of carbonyl (C=O) groups excluding carboxylic acids is 1. The second-order valence-electron chi connectivity index (χ2n) is 6.33. The molecule has 27 heavy (non-hydrogen) atoms. The van der Waals surface area contributed by atoms with Gasteiger partial charge in [-0.2, -0.15) is 0 Å². The van der Waals surface area contributed by atoms with E-state index in [1.807, 2.05) is 54.6 Å². The Morgan fingerprint density at radius 2 is 1.52 bits per heavy atom. The van der Waals surface area contributed by atoms with Gasteiger partial charge in [0.05, 0.1) is 5.56 Å². The Bertz CT molecular complexity index is 1190. The van der Waals surface area contributed by atoms with Crippen molar-refractivity contribution in [3.05, 3.63) is 83.9 Å². The van der Waals surface area contributed by atoms with Crippen molar-refractivity contribution in [3.63, 3.8) is 0 Å². The summed E-state index contributed by atoms with van der Waals surface area (Å²) in [5.41, 5.74) is 0.790. The molecule has 0 aliphatic rings. The first kappa shape index (κ1) is 16.8. The highest BCUT2D eigenvalue weighted by molar-refractivity contribution is 6.05. The molecule has 0 saturated heterocycles. The molecule has 0 aliphatic heterocycles. The summed E-state index contributed by atoms with van der Waals surface area (Å²) < 4.78 is 0. The van der Waals surface area contributed by atoms with Crippen LogP contribution < -0.4 is 0 Å². The molecule has 0 unspecified atom stereocenters. The van der Waals surface area contributed by atoms with Crippen molar-refractivity contribution >= 4 is 33.5 Å². The molecule has 4 aromatic carbocycles. The zero-order valence-corrected chi connectivity index (χ0v) is 14.5. The summed E-state index contributed by atoms with van der Waals surface area (Å²) in [6.45, 7) is -0.113. The molecule has 0 saturated carbocycles. The normalized spacial score (nSPS) is 11.4. The standard InChI is InChI=1S/C23H17NO3/c25-21-12-17-7-2-1-6-16(17)11-20(21)22(26)14-24-13-18-10-9-15-5-3-4-8-19(15)23(18)27/h1-13,25,27H,14H2. The summed E-state index contributed by atoms with van der Waals surface area (Å²) >= 11 is 0. The fraction of sp³-hybridized carbons (Fsp3) is 0.0435. The van der Waals surface area contributed by atoms with E-state index in [1.54, 1.807) is 18.2 Å². The molecule has 2 N–H and O–H groups in total. The van der Waals surface area contributed by atoms with Crippen LogP contribution >= 0.6 is 0 Å². The van der Waals surface area contributed by atoms with Crippen LogP contribution in [-0.2, 0) is 0 Å². The quantitative estimate of drug-likeness (QED) is 0.411. The van der Waals surface area contributed by atoms with Gasteiger partial charge in [0.2, 0.25) is 0 Å². The topological polar surface area (TPSA) is 69.9 Å². The van der Waals surface area contributed by atoms with E-state index < -0.39 is 0 Å². The predicted octanol–water partition coefficient (Wildman–Crippen LogP) is 4.71. The van der Waals surface area contributed by atoms with Gasteiger partial charge in [-0.15, -0.1) is 0 Å². The maximum absolute atomic E-state index is 12.5. The van der Waals surface area contributed by atoms with Gasteiger partial charge in [-0.05, 0) is 34.4 Å². The number of aliphatic imine (C=N–C) groups is 1. The molecule has 0 spiro atoms. The van der Waals surface area contributed by atoms with E-state index in [0.29, 0.717) is 5.56 Å². The van der Waals surface area contributed by atoms with Crippen LogP contribution in [0.25, 0.3) is 21.5 Å². The number of ketones is 1. The van der Waals surface area contributed by atoms with Crippen molar-refractivity contribution in [2.45, 2.75) is 0 Å². The van der Waals surface area contributed by atoms with E-state index in [1.165, 1.54) is 6.21 Å². The van der Waals surface area contributed by atoms with Crippen LogP contribution in [0.15, 0.2) is 77.8 Å². The average molecular weight is 355 g/mol. The molecule has 4 rings (SSSR count). The number of hydrogen-bond acceptors (Lipinski definition) is 4. The highest BCUT2D eigenvalue weighted by Crippen LogP contribution is 2.28. The summed E-state index contributed by atoms with van der Waals surface area (Å²) in [5, 5.41) is 23.9. The largest absolute Gasteiger partial charge is 0.507 e. The molecular formula is C23H17NO3. The van der Waals surface area contributed by atoms with Crippen LogP contribution in [0.1, 0.15) is 15.9 Å². The number of phenols is 2. The first-order chi connectivity index (χ1) is 13.1. The minimum absolute atomic E-state index is 0.0533. The van der Waals surface area contributed by atoms with Gasteiger partial charge in [0, 0.05) is 17.2 Å². The molecule has 0 heterocycles. The molecule has 0 aliphatic carbocycles. The average Bonchev–Trinajstić information content (AvgIpc) is 2.69. The number of aromatic hydroxyl groups is 2. The van der Waals surface area contributed by atoms with Crippen molar-refractivity contribution in [2.75, 3.05) is 6.54 Å². The maximum atomic E-state index is 12.5. The van der Waals surface area contributed by atoms with Crippen LogP contribution in [0.5, 0.6) is 11.5 Å². The molecule has 0 radical (unpaired) electrons. The summed E-state index contributed by atoms with van der Waals surface area (Å²) in [6.07, 6.45) is 1.48. The third-order valence-electron chi connectivity index (χ3n) is 4.56. The molecule has 0 aromatic heterocycles. The van der Waals surface area contributed by atoms with E-state index in [2.05, 4.69) is 4.99 Å². The van der Waals surface area contributed by atoms with Crippen LogP contribution in [0.2, 0.25) is 0 Å². The third kappa shape index (κ3) is 3.25. The molecule has 132 valence electrons. The van der Waals surface area contributed by atoms with E-state index in [4.69, 9.17) is 0 Å². The van der Waals surface area contributed by atoms with Gasteiger partial charge in [0.1, 0.15) is 18.0 Å². The summed E-state index contributed by atoms with van der Waals surface area (Å²) in [6, 6.07) is 22.0. The summed E-state index contributed by atoms with van der Waals surface area (Å²) in [5.74, 6) is -0.199. The number of carbonyl (C=O) groups is 1. The molecule has 4 heteroatoms. The zero-order valence-electron chi connectivity index (χ0n) is 14.5. The lowest BCUT2D eigenvalue weighted by Gasteiger charge is -2.06. The maximum Gasteiger partial charge on any atom is 0.187 e. The van der Waals surface area contributed by atoms with E-state index in [-0.39, 0.29) is 29.4 Å². The Labute approximate surface area is 156 Å². The second-order valence-corrected chi connectivity index (χ2v) is 6.33. The van der Waals surface area contributed by atoms with Crippen molar-refractivity contribution in [1.29, 1.82) is 0 Å². The first-order valence-electron chi connectivity index (χ1n) is 8.59. The van der Waals surface area contributed by atoms with Crippen LogP contribution in [0.3, 0.4) is 0 Å². The van der Waals surface area contributed by atoms with Gasteiger partial charge < -0.3 is 10.2 Å². The lowest BCUT2D eigenvalue weighted by atomic mass is 10.0. The fourth-order valence-corrected chi connectivity index (χ4v) is 3.14. The summed E-state index contributed by atoms with van der Waals surface area (Å²) in [4.78, 5) is 16.6. The molecule has 0 bridgehead atoms. The van der Waals surface area contributed by atoms with Crippen molar-refractivity contribution < 1.29 is 15.0 Å². The van der Waals surface area contributed by atoms with Gasteiger partial charge in [-0.25, -0.2) is 0 Å². The summed E-state index contributed by atoms with van der Waals surface area (Å²) in [7, 11) is 0. The van der Waals surface area contributed by atoms with Crippen molar-refractivity contribution in [1.82, 2.24) is 0 Å². The van der Waals surface area contributed by atoms with Gasteiger partial charge in [0.25, 0.3) is 0 Å². The Morgan fingerprint density at radius 3 is 2.30 bits per heavy atom. The van der Waals surface area contributed by atoms with Gasteiger partial charge in [-0.1, -0.05) is 54.6 Å². The van der Waals surface area contributed by atoms with Crippen molar-refractivity contribution in [3.8, 4) is 11.5 Å². The number of fused-ring (bicyclic) bond motifs is 2. The molecule has 0 atom stereocenters. The van der Waals surface area contributed by atoms with Gasteiger partial charge in [-0.3, -0.25) is 9.79 Å². The highest BCUT2D eigenvalue weighted by Gasteiger charge is 2.12. The molecule has 0 fully saturated rings. The Morgan fingerprint density at radius 1 is 0.852 bits per heavy atom. The Hall–Kier alpha value is -3.66. The zero-order chi connectivity index (χ0) is 18.8. The number of Topliss-reactive ketones (excluding diaryl/α,β-unsaturated/α-hetero) is 1. The molecule has 4 aromatic rings. The van der Waals surface area contributed by atoms with Crippen LogP contribution in [-0.4, -0.2) is 28.8 Å². The number of phenolic OH excluding ortho intramolecular Hbond substituents is 2. The Balaban J connectivity index is 1.57. The molecule has 4 nitrogen and oxygen atoms in total. The fourth-order valence-electron chi connectivity index (χ4n) is 3.14. The minimum atomic E-state index is -0.283. The van der Waals surface area contributed by atoms with Crippen molar-refractivity contribution in [2.24, 2.45) is 4.99 Å². The van der Waals surface area contributed by atoms with Crippen LogP contribution in [0, 0.1) is 0 Å². The minimum Gasteiger partial charge on any atom is -0.507 e. The number of hydrogen-bond donors (Lipinski definition) is 2. The number of benzene rings is 4. The molecule has 0 amide bonds. The molecular weight excluding hydrogens is 338 g/mol. The highest BCUT2D eigenvalue weighted by atomic mass is 16.3. The predicted molar refractivity (Wildman–Crippen MR) is 108 cm³/mol. The lowest BCUT2D eigenvalue weighted by molar-refractivity contribution is 0.1000. The second kappa shape index (κ2) is 6.92. The Kier molecular flexibility index (Phi) is 4.30. The van der Waals surface area contributed by atoms with Gasteiger partial charge in [0.15, 0.2) is 5.78 Å². The van der Waals surface area contributed by atoms with Gasteiger partial charge >= 0.3 is 0 Å². The SMILES string of the molecule is O=C(CN=Cc1ccc2ccccc2c1O)c1cc2ccccc2cc1O. The number of rotatable bonds is 4. The van der Waals surface area contributed by atoms with E-state index in [9.17, 15) is 15.0 Å². The van der Waals surface area contributed by atoms with E-state index in [0.717, 1.165) is 21.5 Å². The number of nitrogens with zero attached hydrogens (tertiary/aromatic N) is 1. The smallest absolute Gasteiger partial charge is 0.187 e.